The molecule has 1 aromatic carbocycles. The largest absolute Gasteiger partial charge is 0.384 e. The van der Waals surface area contributed by atoms with Gasteiger partial charge in [-0.05, 0) is 29.6 Å². The highest BCUT2D eigenvalue weighted by Gasteiger charge is 2.04. The maximum atomic E-state index is 11.7. The van der Waals surface area contributed by atoms with E-state index >= 15 is 0 Å². The molecule has 0 bridgehead atoms. The molecule has 3 N–H and O–H groups in total. The van der Waals surface area contributed by atoms with E-state index in [9.17, 15) is 4.79 Å². The summed E-state index contributed by atoms with van der Waals surface area (Å²) >= 11 is 1.49. The summed E-state index contributed by atoms with van der Waals surface area (Å²) in [6.07, 6.45) is 0. The van der Waals surface area contributed by atoms with Crippen molar-refractivity contribution in [1.82, 2.24) is 0 Å². The number of nitrogens with one attached hydrogen (secondary N) is 1. The zero-order chi connectivity index (χ0) is 15.1. The third-order valence-electron chi connectivity index (χ3n) is 2.45. The Kier molecular flexibility index (Phi) is 4.90. The number of nitriles is 1. The van der Waals surface area contributed by atoms with E-state index in [1.54, 1.807) is 30.3 Å². The molecule has 0 unspecified atom stereocenters. The van der Waals surface area contributed by atoms with Gasteiger partial charge in [-0.25, -0.2) is 0 Å². The Morgan fingerprint density at radius 2 is 2.33 bits per heavy atom. The van der Waals surface area contributed by atoms with Gasteiger partial charge in [-0.2, -0.15) is 16.6 Å². The van der Waals surface area contributed by atoms with E-state index in [1.165, 1.54) is 11.3 Å². The molecule has 0 aliphatic rings. The number of benzene rings is 1. The van der Waals surface area contributed by atoms with Crippen LogP contribution in [0, 0.1) is 11.3 Å². The van der Waals surface area contributed by atoms with Crippen LogP contribution in [0.2, 0.25) is 0 Å². The molecule has 0 atom stereocenters. The SMILES string of the molecule is N#Cc1cccc(NC(=O)CO/N=C(/N)c2ccsc2)c1. The third-order valence-corrected chi connectivity index (χ3v) is 3.13. The third kappa shape index (κ3) is 4.33. The lowest BCUT2D eigenvalue weighted by Crippen LogP contribution is -2.19. The maximum absolute atomic E-state index is 11.7. The van der Waals surface area contributed by atoms with Gasteiger partial charge in [0.05, 0.1) is 11.6 Å². The van der Waals surface area contributed by atoms with Crippen LogP contribution in [-0.2, 0) is 9.63 Å². The molecular formula is C14H12N4O2S. The molecule has 0 fully saturated rings. The molecule has 7 heteroatoms. The van der Waals surface area contributed by atoms with E-state index < -0.39 is 0 Å². The summed E-state index contributed by atoms with van der Waals surface area (Å²) in [4.78, 5) is 16.6. The number of hydrogen-bond donors (Lipinski definition) is 2. The van der Waals surface area contributed by atoms with Gasteiger partial charge in [0.2, 0.25) is 0 Å². The first-order chi connectivity index (χ1) is 10.2. The Balaban J connectivity index is 1.85. The highest BCUT2D eigenvalue weighted by Crippen LogP contribution is 2.09. The van der Waals surface area contributed by atoms with Crippen molar-refractivity contribution in [3.05, 3.63) is 52.2 Å². The normalized spacial score (nSPS) is 10.7. The van der Waals surface area contributed by atoms with Crippen molar-refractivity contribution in [2.45, 2.75) is 0 Å². The fraction of sp³-hybridized carbons (Fsp3) is 0.0714. The van der Waals surface area contributed by atoms with Crippen molar-refractivity contribution >= 4 is 28.8 Å². The number of amidine groups is 1. The van der Waals surface area contributed by atoms with Gasteiger partial charge in [0.1, 0.15) is 0 Å². The van der Waals surface area contributed by atoms with E-state index in [-0.39, 0.29) is 18.3 Å². The molecule has 2 rings (SSSR count). The molecule has 21 heavy (non-hydrogen) atoms. The van der Waals surface area contributed by atoms with Crippen LogP contribution in [0.3, 0.4) is 0 Å². The molecular weight excluding hydrogens is 288 g/mol. The summed E-state index contributed by atoms with van der Waals surface area (Å²) in [5, 5.41) is 18.7. The van der Waals surface area contributed by atoms with Crippen LogP contribution in [-0.4, -0.2) is 18.3 Å². The minimum Gasteiger partial charge on any atom is -0.384 e. The second-order valence-electron chi connectivity index (χ2n) is 4.00. The highest BCUT2D eigenvalue weighted by molar-refractivity contribution is 7.08. The van der Waals surface area contributed by atoms with Crippen LogP contribution >= 0.6 is 11.3 Å². The number of hydrogen-bond acceptors (Lipinski definition) is 5. The second-order valence-corrected chi connectivity index (χ2v) is 4.78. The van der Waals surface area contributed by atoms with Gasteiger partial charge < -0.3 is 15.9 Å². The van der Waals surface area contributed by atoms with Gasteiger partial charge in [0, 0.05) is 16.6 Å². The topological polar surface area (TPSA) is 100 Å². The lowest BCUT2D eigenvalue weighted by atomic mass is 10.2. The number of nitrogens with zero attached hydrogens (tertiary/aromatic N) is 2. The molecule has 0 aliphatic heterocycles. The van der Waals surface area contributed by atoms with Crippen LogP contribution in [0.15, 0.2) is 46.2 Å². The lowest BCUT2D eigenvalue weighted by molar-refractivity contribution is -0.120. The van der Waals surface area contributed by atoms with Gasteiger partial charge in [-0.1, -0.05) is 11.2 Å². The molecule has 0 saturated heterocycles. The average Bonchev–Trinajstić information content (AvgIpc) is 3.01. The minimum atomic E-state index is -0.382. The number of oxime groups is 1. The van der Waals surface area contributed by atoms with E-state index in [0.29, 0.717) is 11.3 Å². The monoisotopic (exact) mass is 300 g/mol. The van der Waals surface area contributed by atoms with Gasteiger partial charge in [-0.15, -0.1) is 0 Å². The van der Waals surface area contributed by atoms with Crippen molar-refractivity contribution in [3.63, 3.8) is 0 Å². The van der Waals surface area contributed by atoms with Crippen LogP contribution in [0.5, 0.6) is 0 Å². The number of nitrogens with two attached hydrogens (primary N) is 1. The van der Waals surface area contributed by atoms with E-state index in [1.807, 2.05) is 16.8 Å². The first-order valence-electron chi connectivity index (χ1n) is 5.97. The summed E-state index contributed by atoms with van der Waals surface area (Å²) in [6, 6.07) is 10.4. The molecule has 0 saturated carbocycles. The van der Waals surface area contributed by atoms with Gasteiger partial charge in [-0.3, -0.25) is 4.79 Å². The van der Waals surface area contributed by atoms with Gasteiger partial charge in [0.25, 0.3) is 5.91 Å². The van der Waals surface area contributed by atoms with Crippen molar-refractivity contribution in [2.24, 2.45) is 10.9 Å². The predicted molar refractivity (Wildman–Crippen MR) is 80.8 cm³/mol. The van der Waals surface area contributed by atoms with E-state index in [0.717, 1.165) is 5.56 Å². The van der Waals surface area contributed by atoms with Crippen LogP contribution in [0.25, 0.3) is 0 Å². The Morgan fingerprint density at radius 1 is 1.48 bits per heavy atom. The maximum Gasteiger partial charge on any atom is 0.265 e. The summed E-state index contributed by atoms with van der Waals surface area (Å²) < 4.78 is 0. The zero-order valence-electron chi connectivity index (χ0n) is 10.9. The molecule has 1 aromatic heterocycles. The number of thiophene rings is 1. The van der Waals surface area contributed by atoms with Gasteiger partial charge >= 0.3 is 0 Å². The number of amides is 1. The van der Waals surface area contributed by atoms with Crippen LogP contribution < -0.4 is 11.1 Å². The Hall–Kier alpha value is -2.85. The van der Waals surface area contributed by atoms with E-state index in [4.69, 9.17) is 15.8 Å². The molecule has 0 radical (unpaired) electrons. The zero-order valence-corrected chi connectivity index (χ0v) is 11.8. The summed E-state index contributed by atoms with van der Waals surface area (Å²) in [5.74, 6) is -0.164. The fourth-order valence-electron chi connectivity index (χ4n) is 1.49. The number of carbonyl (C=O) groups excluding carboxylic acids is 1. The predicted octanol–water partition coefficient (Wildman–Crippen LogP) is 1.90. The number of carbonyl (C=O) groups is 1. The van der Waals surface area contributed by atoms with Gasteiger partial charge in [0.15, 0.2) is 12.4 Å². The highest BCUT2D eigenvalue weighted by atomic mass is 32.1. The fourth-order valence-corrected chi connectivity index (χ4v) is 2.14. The lowest BCUT2D eigenvalue weighted by Gasteiger charge is -2.04. The molecule has 0 aliphatic carbocycles. The first-order valence-corrected chi connectivity index (χ1v) is 6.91. The Bertz CT molecular complexity index is 689. The summed E-state index contributed by atoms with van der Waals surface area (Å²) in [6.45, 7) is -0.262. The van der Waals surface area contributed by atoms with Crippen molar-refractivity contribution in [3.8, 4) is 6.07 Å². The summed E-state index contributed by atoms with van der Waals surface area (Å²) in [5.41, 5.74) is 7.42. The average molecular weight is 300 g/mol. The standard InChI is InChI=1S/C14H12N4O2S/c15-7-10-2-1-3-12(6-10)17-13(19)8-20-18-14(16)11-4-5-21-9-11/h1-6,9H,8H2,(H2,16,18)(H,17,19). The van der Waals surface area contributed by atoms with Crippen molar-refractivity contribution < 1.29 is 9.63 Å². The number of rotatable bonds is 5. The second kappa shape index (κ2) is 7.07. The minimum absolute atomic E-state index is 0.218. The van der Waals surface area contributed by atoms with Crippen molar-refractivity contribution in [1.29, 1.82) is 5.26 Å². The summed E-state index contributed by atoms with van der Waals surface area (Å²) in [7, 11) is 0. The smallest absolute Gasteiger partial charge is 0.265 e. The number of anilines is 1. The molecule has 106 valence electrons. The van der Waals surface area contributed by atoms with Crippen LogP contribution in [0.4, 0.5) is 5.69 Å². The van der Waals surface area contributed by atoms with Crippen LogP contribution in [0.1, 0.15) is 11.1 Å². The van der Waals surface area contributed by atoms with E-state index in [2.05, 4.69) is 10.5 Å². The Labute approximate surface area is 125 Å². The van der Waals surface area contributed by atoms with Crippen molar-refractivity contribution in [2.75, 3.05) is 11.9 Å². The first kappa shape index (κ1) is 14.6. The Morgan fingerprint density at radius 3 is 3.05 bits per heavy atom. The molecule has 6 nitrogen and oxygen atoms in total. The molecule has 1 amide bonds. The molecule has 1 heterocycles. The molecule has 2 aromatic rings. The quantitative estimate of drug-likeness (QED) is 0.500. The molecule has 0 spiro atoms.